The number of nitrogens with two attached hydrogens (primary N) is 1. The Hall–Kier alpha value is -6.66. The first-order valence-electron chi connectivity index (χ1n) is 25.0. The molecule has 1 aromatic heterocycles. The number of nitrogens with zero attached hydrogens (tertiary/aromatic N) is 6. The average molecular weight is 1030 g/mol. The van der Waals surface area contributed by atoms with Crippen LogP contribution in [0.15, 0.2) is 65.9 Å². The van der Waals surface area contributed by atoms with E-state index in [4.69, 9.17) is 39.4 Å². The molecule has 0 spiro atoms. The number of aliphatic imine (C=N–C) groups is 1. The van der Waals surface area contributed by atoms with Gasteiger partial charge in [-0.1, -0.05) is 18.2 Å². The van der Waals surface area contributed by atoms with Gasteiger partial charge in [0.05, 0.1) is 113 Å². The van der Waals surface area contributed by atoms with Crippen LogP contribution in [0.5, 0.6) is 0 Å². The first-order valence-corrected chi connectivity index (χ1v) is 25.0. The van der Waals surface area contributed by atoms with Gasteiger partial charge in [-0.25, -0.2) is 13.8 Å². The molecule has 74 heavy (non-hydrogen) atoms. The van der Waals surface area contributed by atoms with Gasteiger partial charge >= 0.3 is 0 Å². The number of para-hydroxylation sites is 1. The van der Waals surface area contributed by atoms with Crippen molar-refractivity contribution in [1.29, 1.82) is 0 Å². The average Bonchev–Trinajstić information content (AvgIpc) is 3.66. The minimum Gasteiger partial charge on any atom is -0.404 e. The summed E-state index contributed by atoms with van der Waals surface area (Å²) in [5, 5.41) is 8.23. The van der Waals surface area contributed by atoms with Crippen molar-refractivity contribution in [1.82, 2.24) is 35.3 Å². The number of piperidine rings is 2. The number of likely N-dealkylation sites (tertiary alicyclic amines) is 1. The predicted octanol–water partition coefficient (Wildman–Crippen LogP) is 2.94. The molecule has 0 bridgehead atoms. The Labute approximate surface area is 427 Å². The van der Waals surface area contributed by atoms with Crippen LogP contribution in [-0.4, -0.2) is 184 Å². The molecule has 0 aliphatic carbocycles. The van der Waals surface area contributed by atoms with E-state index >= 15 is 8.78 Å². The molecule has 394 valence electrons. The lowest BCUT2D eigenvalue weighted by Crippen LogP contribution is -2.54. The van der Waals surface area contributed by atoms with E-state index in [1.54, 1.807) is 48.8 Å². The SMILES string of the molecule is NC=C(C=NC1CCN(CC(=O)NCCOCCOCCOCCOCCNc2cccc3c2C(=O)N(C2CCC(=O)NC2=O)C3=O)CC1)c1cnc2cccc(-c3cc(F)c(CN4CCOCC4)c(F)c3)c2n1. The number of benzene rings is 3. The Morgan fingerprint density at radius 1 is 0.824 bits per heavy atom. The van der Waals surface area contributed by atoms with E-state index in [1.165, 1.54) is 18.3 Å². The number of aromatic nitrogens is 2. The molecular weight excluding hydrogens is 963 g/mol. The zero-order valence-corrected chi connectivity index (χ0v) is 41.2. The number of imide groups is 2. The topological polar surface area (TPSA) is 241 Å². The second-order valence-electron chi connectivity index (χ2n) is 18.0. The Bertz CT molecular complexity index is 2690. The summed E-state index contributed by atoms with van der Waals surface area (Å²) in [6, 6.07) is 11.9. The molecule has 4 aliphatic rings. The van der Waals surface area contributed by atoms with E-state index in [9.17, 15) is 24.0 Å². The fraction of sp³-hybridized carbons (Fsp3) is 0.462. The maximum Gasteiger partial charge on any atom is 0.264 e. The minimum absolute atomic E-state index is 0.0182. The normalized spacial score (nSPS) is 18.2. The predicted molar refractivity (Wildman–Crippen MR) is 269 cm³/mol. The van der Waals surface area contributed by atoms with Gasteiger partial charge in [0, 0.05) is 87.0 Å². The maximum atomic E-state index is 15.4. The summed E-state index contributed by atoms with van der Waals surface area (Å²) in [6.07, 6.45) is 6.34. The highest BCUT2D eigenvalue weighted by atomic mass is 19.1. The van der Waals surface area contributed by atoms with E-state index < -0.39 is 41.3 Å². The summed E-state index contributed by atoms with van der Waals surface area (Å²) in [4.78, 5) is 82.0. The number of allylic oxidation sites excluding steroid dienone is 1. The van der Waals surface area contributed by atoms with Crippen LogP contribution in [0, 0.1) is 11.6 Å². The van der Waals surface area contributed by atoms with Gasteiger partial charge in [-0.05, 0) is 55.2 Å². The molecular formula is C52H62F2N10O10. The highest BCUT2D eigenvalue weighted by Crippen LogP contribution is 2.33. The molecule has 1 unspecified atom stereocenters. The summed E-state index contributed by atoms with van der Waals surface area (Å²) in [5.41, 5.74) is 9.90. The number of nitrogens with one attached hydrogen (secondary N) is 3. The molecule has 0 radical (unpaired) electrons. The van der Waals surface area contributed by atoms with Crippen LogP contribution in [0.4, 0.5) is 14.5 Å². The number of rotatable bonds is 25. The van der Waals surface area contributed by atoms with Crippen LogP contribution in [0.25, 0.3) is 27.7 Å². The van der Waals surface area contributed by atoms with Crippen LogP contribution in [0.3, 0.4) is 0 Å². The van der Waals surface area contributed by atoms with Gasteiger partial charge < -0.3 is 40.1 Å². The van der Waals surface area contributed by atoms with Crippen molar-refractivity contribution >= 4 is 58.0 Å². The van der Waals surface area contributed by atoms with Gasteiger partial charge in [0.1, 0.15) is 17.7 Å². The lowest BCUT2D eigenvalue weighted by molar-refractivity contribution is -0.136. The summed E-state index contributed by atoms with van der Waals surface area (Å²) in [6.45, 7) is 7.65. The maximum absolute atomic E-state index is 15.4. The highest BCUT2D eigenvalue weighted by molar-refractivity contribution is 6.25. The highest BCUT2D eigenvalue weighted by Gasteiger charge is 2.45. The van der Waals surface area contributed by atoms with Crippen LogP contribution in [0.2, 0.25) is 0 Å². The lowest BCUT2D eigenvalue weighted by Gasteiger charge is -2.29. The second-order valence-corrected chi connectivity index (χ2v) is 18.0. The molecule has 5 heterocycles. The molecule has 8 rings (SSSR count). The Morgan fingerprint density at radius 2 is 1.49 bits per heavy atom. The number of hydrogen-bond acceptors (Lipinski definition) is 17. The first-order chi connectivity index (χ1) is 36.1. The number of carbonyl (C=O) groups is 5. The Morgan fingerprint density at radius 3 is 2.18 bits per heavy atom. The van der Waals surface area contributed by atoms with Crippen LogP contribution < -0.4 is 21.7 Å². The van der Waals surface area contributed by atoms with Gasteiger partial charge in [0.2, 0.25) is 17.7 Å². The quantitative estimate of drug-likeness (QED) is 0.0424. The van der Waals surface area contributed by atoms with Crippen molar-refractivity contribution in [3.63, 3.8) is 0 Å². The molecule has 1 atom stereocenters. The molecule has 3 fully saturated rings. The number of morpholine rings is 1. The summed E-state index contributed by atoms with van der Waals surface area (Å²) < 4.78 is 58.5. The van der Waals surface area contributed by atoms with Crippen molar-refractivity contribution in [3.8, 4) is 11.1 Å². The Balaban J connectivity index is 0.647. The summed E-state index contributed by atoms with van der Waals surface area (Å²) in [7, 11) is 0. The number of amides is 5. The number of fused-ring (bicyclic) bond motifs is 2. The number of halogens is 2. The molecule has 0 saturated carbocycles. The molecule has 5 amide bonds. The first kappa shape index (κ1) is 53.6. The molecule has 22 heteroatoms. The van der Waals surface area contributed by atoms with Crippen LogP contribution in [0.1, 0.15) is 57.7 Å². The minimum atomic E-state index is -1.03. The lowest BCUT2D eigenvalue weighted by atomic mass is 10.0. The number of carbonyl (C=O) groups excluding carboxylic acids is 5. The smallest absolute Gasteiger partial charge is 0.264 e. The molecule has 3 aromatic carbocycles. The number of ether oxygens (including phenoxy) is 5. The number of hydrogen-bond donors (Lipinski definition) is 4. The molecule has 5 N–H and O–H groups in total. The third-order valence-electron chi connectivity index (χ3n) is 13.0. The second kappa shape index (κ2) is 26.5. The van der Waals surface area contributed by atoms with Crippen molar-refractivity contribution in [3.05, 3.63) is 94.9 Å². The van der Waals surface area contributed by atoms with E-state index in [-0.39, 0.29) is 54.6 Å². The fourth-order valence-electron chi connectivity index (χ4n) is 9.11. The van der Waals surface area contributed by atoms with Gasteiger partial charge in [0.25, 0.3) is 11.8 Å². The number of anilines is 1. The van der Waals surface area contributed by atoms with E-state index in [0.29, 0.717) is 144 Å². The van der Waals surface area contributed by atoms with Gasteiger partial charge in [-0.15, -0.1) is 0 Å². The Kier molecular flexibility index (Phi) is 19.2. The largest absolute Gasteiger partial charge is 0.404 e. The van der Waals surface area contributed by atoms with E-state index in [2.05, 4.69) is 25.8 Å². The zero-order chi connectivity index (χ0) is 51.8. The van der Waals surface area contributed by atoms with Gasteiger partial charge in [-0.3, -0.25) is 54.0 Å². The molecule has 4 aliphatic heterocycles. The van der Waals surface area contributed by atoms with Crippen LogP contribution >= 0.6 is 0 Å². The summed E-state index contributed by atoms with van der Waals surface area (Å²) in [5.74, 6) is -3.56. The monoisotopic (exact) mass is 1020 g/mol. The van der Waals surface area contributed by atoms with E-state index in [1.807, 2.05) is 4.90 Å². The molecule has 3 saturated heterocycles. The standard InChI is InChI=1S/C52H62F2N10O10/c53-40-27-34(28-41(54)39(40)32-63-15-19-72-20-16-63)37-3-1-6-43-49(37)60-44(31-59-43)35(29-55)30-58-36-9-13-62(14-10-36)33-47(66)57-12-18-71-22-24-74-26-25-73-23-21-70-17-11-56-42-5-2-4-38-48(42)52(69)64(51(38)68)45-7-8-46(65)61-50(45)67/h1-6,27-31,36,45,56H,7-26,32-33,55H2,(H,57,66)(H,61,65,67). The van der Waals surface area contributed by atoms with Gasteiger partial charge in [0.15, 0.2) is 0 Å². The van der Waals surface area contributed by atoms with Crippen molar-refractivity contribution in [2.75, 3.05) is 117 Å². The van der Waals surface area contributed by atoms with Gasteiger partial charge in [-0.2, -0.15) is 0 Å². The fourth-order valence-corrected chi connectivity index (χ4v) is 9.11. The zero-order valence-electron chi connectivity index (χ0n) is 41.2. The third-order valence-corrected chi connectivity index (χ3v) is 13.0. The third kappa shape index (κ3) is 13.9. The summed E-state index contributed by atoms with van der Waals surface area (Å²) >= 11 is 0. The van der Waals surface area contributed by atoms with Crippen molar-refractivity contribution in [2.45, 2.75) is 44.3 Å². The van der Waals surface area contributed by atoms with E-state index in [0.717, 1.165) is 17.7 Å². The van der Waals surface area contributed by atoms with Crippen LogP contribution in [-0.2, 0) is 44.6 Å². The molecule has 20 nitrogen and oxygen atoms in total. The molecule has 4 aromatic rings. The van der Waals surface area contributed by atoms with Crippen molar-refractivity contribution < 1.29 is 56.4 Å². The van der Waals surface area contributed by atoms with Crippen molar-refractivity contribution in [2.24, 2.45) is 10.7 Å².